The predicted molar refractivity (Wildman–Crippen MR) is 105 cm³/mol. The molecular formula is C21H27ClN2O2. The van der Waals surface area contributed by atoms with Gasteiger partial charge >= 0.3 is 5.97 Å². The van der Waals surface area contributed by atoms with E-state index in [1.165, 1.54) is 54.3 Å². The zero-order chi connectivity index (χ0) is 17.9. The fraction of sp³-hybridized carbons (Fsp3) is 0.571. The van der Waals surface area contributed by atoms with E-state index < -0.39 is 0 Å². The van der Waals surface area contributed by atoms with Gasteiger partial charge in [0.1, 0.15) is 0 Å². The molecule has 0 amide bonds. The van der Waals surface area contributed by atoms with Gasteiger partial charge in [-0.1, -0.05) is 30.9 Å². The minimum atomic E-state index is -0.0749. The number of esters is 1. The van der Waals surface area contributed by atoms with Crippen molar-refractivity contribution in [2.24, 2.45) is 5.92 Å². The second kappa shape index (κ2) is 8.01. The van der Waals surface area contributed by atoms with Crippen LogP contribution in [0.3, 0.4) is 0 Å². The first-order valence-corrected chi connectivity index (χ1v) is 10.3. The van der Waals surface area contributed by atoms with Crippen LogP contribution in [0.1, 0.15) is 49.8 Å². The summed E-state index contributed by atoms with van der Waals surface area (Å²) in [6.45, 7) is 3.12. The lowest BCUT2D eigenvalue weighted by Crippen LogP contribution is -2.25. The molecule has 1 aromatic carbocycles. The highest BCUT2D eigenvalue weighted by Gasteiger charge is 2.21. The smallest absolute Gasteiger partial charge is 0.307 e. The van der Waals surface area contributed by atoms with Gasteiger partial charge in [0.25, 0.3) is 0 Å². The summed E-state index contributed by atoms with van der Waals surface area (Å²) in [5.74, 6) is 0.496. The number of benzene rings is 1. The quantitative estimate of drug-likeness (QED) is 0.786. The van der Waals surface area contributed by atoms with Gasteiger partial charge in [-0.25, -0.2) is 0 Å². The molecule has 1 aromatic heterocycles. The van der Waals surface area contributed by atoms with Gasteiger partial charge in [0.15, 0.2) is 0 Å². The summed E-state index contributed by atoms with van der Waals surface area (Å²) >= 11 is 6.21. The van der Waals surface area contributed by atoms with Gasteiger partial charge in [-0.05, 0) is 42.5 Å². The van der Waals surface area contributed by atoms with Crippen molar-refractivity contribution >= 4 is 28.5 Å². The molecule has 140 valence electrons. The second-order valence-electron chi connectivity index (χ2n) is 7.60. The maximum Gasteiger partial charge on any atom is 0.307 e. The Balaban J connectivity index is 1.44. The van der Waals surface area contributed by atoms with Gasteiger partial charge in [-0.3, -0.25) is 4.79 Å². The number of halogens is 1. The summed E-state index contributed by atoms with van der Waals surface area (Å²) in [5.41, 5.74) is 3.83. The molecule has 1 fully saturated rings. The number of hydrogen-bond donors (Lipinski definition) is 1. The van der Waals surface area contributed by atoms with Crippen LogP contribution in [0.15, 0.2) is 18.2 Å². The third-order valence-electron chi connectivity index (χ3n) is 5.83. The average molecular weight is 375 g/mol. The summed E-state index contributed by atoms with van der Waals surface area (Å²) < 4.78 is 7.86. The van der Waals surface area contributed by atoms with Crippen LogP contribution in [0.5, 0.6) is 0 Å². The zero-order valence-electron chi connectivity index (χ0n) is 15.2. The number of fused-ring (bicyclic) bond motifs is 3. The molecule has 0 atom stereocenters. The average Bonchev–Trinajstić information content (AvgIpc) is 2.98. The number of hydrogen-bond acceptors (Lipinski definition) is 3. The van der Waals surface area contributed by atoms with E-state index in [2.05, 4.69) is 16.0 Å². The van der Waals surface area contributed by atoms with E-state index in [4.69, 9.17) is 16.3 Å². The molecule has 1 N–H and O–H groups in total. The molecule has 2 aliphatic rings. The third kappa shape index (κ3) is 3.77. The normalized spacial score (nSPS) is 18.0. The maximum absolute atomic E-state index is 12.3. The van der Waals surface area contributed by atoms with E-state index in [0.717, 1.165) is 24.5 Å². The van der Waals surface area contributed by atoms with E-state index in [1.54, 1.807) is 0 Å². The highest BCUT2D eigenvalue weighted by atomic mass is 35.5. The number of aryl methyl sites for hydroxylation is 1. The maximum atomic E-state index is 12.3. The minimum Gasteiger partial charge on any atom is -0.465 e. The molecule has 1 saturated carbocycles. The first-order valence-electron chi connectivity index (χ1n) is 9.88. The number of carbonyl (C=O) groups is 1. The van der Waals surface area contributed by atoms with E-state index in [9.17, 15) is 4.79 Å². The van der Waals surface area contributed by atoms with Gasteiger partial charge in [-0.15, -0.1) is 0 Å². The summed E-state index contributed by atoms with van der Waals surface area (Å²) in [6.07, 6.45) is 7.71. The molecular weight excluding hydrogens is 348 g/mol. The van der Waals surface area contributed by atoms with Gasteiger partial charge in [0.05, 0.1) is 13.0 Å². The fourth-order valence-corrected chi connectivity index (χ4v) is 4.62. The molecule has 1 aliphatic heterocycles. The summed E-state index contributed by atoms with van der Waals surface area (Å²) in [6, 6.07) is 6.05. The number of aromatic nitrogens is 1. The van der Waals surface area contributed by atoms with Crippen molar-refractivity contribution in [3.8, 4) is 0 Å². The van der Waals surface area contributed by atoms with Crippen molar-refractivity contribution in [3.05, 3.63) is 34.5 Å². The highest BCUT2D eigenvalue weighted by Crippen LogP contribution is 2.31. The van der Waals surface area contributed by atoms with Crippen LogP contribution in [0.25, 0.3) is 10.9 Å². The lowest BCUT2D eigenvalue weighted by molar-refractivity contribution is -0.145. The standard InChI is InChI=1S/C21H27ClN2O2/c22-16-6-7-19-17(12-16)18-13-23-10-8-20(18)24(19)11-9-21(25)26-14-15-4-2-1-3-5-15/h6-7,12,15,23H,1-5,8-11,13-14H2. The highest BCUT2D eigenvalue weighted by molar-refractivity contribution is 6.31. The molecule has 0 saturated heterocycles. The molecule has 4 rings (SSSR count). The van der Waals surface area contributed by atoms with Crippen molar-refractivity contribution in [1.82, 2.24) is 9.88 Å². The predicted octanol–water partition coefficient (Wildman–Crippen LogP) is 4.45. The lowest BCUT2D eigenvalue weighted by Gasteiger charge is -2.21. The van der Waals surface area contributed by atoms with E-state index in [-0.39, 0.29) is 5.97 Å². The van der Waals surface area contributed by atoms with Crippen molar-refractivity contribution in [3.63, 3.8) is 0 Å². The topological polar surface area (TPSA) is 43.3 Å². The summed E-state index contributed by atoms with van der Waals surface area (Å²) in [4.78, 5) is 12.3. The van der Waals surface area contributed by atoms with Crippen LogP contribution in [-0.4, -0.2) is 23.7 Å². The van der Waals surface area contributed by atoms with Crippen molar-refractivity contribution in [2.45, 2.75) is 58.0 Å². The van der Waals surface area contributed by atoms with Crippen LogP contribution >= 0.6 is 11.6 Å². The van der Waals surface area contributed by atoms with Crippen LogP contribution in [0, 0.1) is 5.92 Å². The van der Waals surface area contributed by atoms with Crippen molar-refractivity contribution in [1.29, 1.82) is 0 Å². The Bertz CT molecular complexity index is 793. The first kappa shape index (κ1) is 17.9. The molecule has 0 unspecified atom stereocenters. The fourth-order valence-electron chi connectivity index (χ4n) is 4.45. The Kier molecular flexibility index (Phi) is 5.51. The van der Waals surface area contributed by atoms with E-state index in [0.29, 0.717) is 25.5 Å². The molecule has 2 aromatic rings. The number of nitrogens with one attached hydrogen (secondary N) is 1. The van der Waals surface area contributed by atoms with E-state index >= 15 is 0 Å². The Morgan fingerprint density at radius 3 is 2.96 bits per heavy atom. The molecule has 0 bridgehead atoms. The van der Waals surface area contributed by atoms with Gasteiger partial charge in [0.2, 0.25) is 0 Å². The number of ether oxygens (including phenoxy) is 1. The molecule has 0 radical (unpaired) electrons. The molecule has 4 nitrogen and oxygen atoms in total. The Morgan fingerprint density at radius 1 is 1.27 bits per heavy atom. The number of rotatable bonds is 5. The number of nitrogens with zero attached hydrogens (tertiary/aromatic N) is 1. The SMILES string of the molecule is O=C(CCn1c2c(c3cc(Cl)ccc31)CNCC2)OCC1CCCCC1. The lowest BCUT2D eigenvalue weighted by atomic mass is 9.90. The van der Waals surface area contributed by atoms with Crippen LogP contribution in [0.4, 0.5) is 0 Å². The minimum absolute atomic E-state index is 0.0749. The molecule has 1 aliphatic carbocycles. The second-order valence-corrected chi connectivity index (χ2v) is 8.04. The first-order chi connectivity index (χ1) is 12.7. The van der Waals surface area contributed by atoms with Gasteiger partial charge < -0.3 is 14.6 Å². The largest absolute Gasteiger partial charge is 0.465 e. The monoisotopic (exact) mass is 374 g/mol. The Hall–Kier alpha value is -1.52. The van der Waals surface area contributed by atoms with Crippen molar-refractivity contribution in [2.75, 3.05) is 13.2 Å². The van der Waals surface area contributed by atoms with E-state index in [1.807, 2.05) is 12.1 Å². The molecule has 5 heteroatoms. The molecule has 26 heavy (non-hydrogen) atoms. The summed E-state index contributed by atoms with van der Waals surface area (Å²) in [5, 5.41) is 5.40. The third-order valence-corrected chi connectivity index (χ3v) is 6.07. The van der Waals surface area contributed by atoms with Gasteiger partial charge in [-0.2, -0.15) is 0 Å². The molecule has 0 spiro atoms. The van der Waals surface area contributed by atoms with Crippen molar-refractivity contribution < 1.29 is 9.53 Å². The summed E-state index contributed by atoms with van der Waals surface area (Å²) in [7, 11) is 0. The zero-order valence-corrected chi connectivity index (χ0v) is 16.0. The number of carbonyl (C=O) groups excluding carboxylic acids is 1. The Labute approximate surface area is 159 Å². The van der Waals surface area contributed by atoms with Crippen LogP contribution in [0.2, 0.25) is 5.02 Å². The van der Waals surface area contributed by atoms with Gasteiger partial charge in [0, 0.05) is 47.7 Å². The Morgan fingerprint density at radius 2 is 2.12 bits per heavy atom. The molecule has 2 heterocycles. The van der Waals surface area contributed by atoms with Crippen LogP contribution in [-0.2, 0) is 29.0 Å². The van der Waals surface area contributed by atoms with Crippen LogP contribution < -0.4 is 5.32 Å².